The van der Waals surface area contributed by atoms with Gasteiger partial charge in [0.25, 0.3) is 0 Å². The van der Waals surface area contributed by atoms with Crippen LogP contribution in [-0.4, -0.2) is 74.7 Å². The summed E-state index contributed by atoms with van der Waals surface area (Å²) in [5, 5.41) is 3.00. The molecule has 7 nitrogen and oxygen atoms in total. The third-order valence-corrected chi connectivity index (χ3v) is 8.25. The van der Waals surface area contributed by atoms with Crippen molar-refractivity contribution >= 4 is 21.6 Å². The summed E-state index contributed by atoms with van der Waals surface area (Å²) >= 11 is 0. The fraction of sp³-hybridized carbons (Fsp3) is 0.458. The third kappa shape index (κ3) is 5.20. The molecule has 2 fully saturated rings. The monoisotopic (exact) mass is 456 g/mol. The number of nitrogens with one attached hydrogen (secondary N) is 1. The number of nitrogens with zero attached hydrogens (tertiary/aromatic N) is 3. The van der Waals surface area contributed by atoms with Crippen molar-refractivity contribution in [3.63, 3.8) is 0 Å². The van der Waals surface area contributed by atoms with Crippen LogP contribution in [0.1, 0.15) is 30.9 Å². The van der Waals surface area contributed by atoms with Gasteiger partial charge in [0, 0.05) is 45.0 Å². The molecule has 1 N–H and O–H groups in total. The van der Waals surface area contributed by atoms with Crippen LogP contribution in [0.5, 0.6) is 0 Å². The van der Waals surface area contributed by atoms with E-state index >= 15 is 0 Å². The highest BCUT2D eigenvalue weighted by Gasteiger charge is 2.30. The first kappa shape index (κ1) is 22.9. The number of sulfonamides is 1. The van der Waals surface area contributed by atoms with E-state index in [1.165, 1.54) is 0 Å². The Morgan fingerprint density at radius 1 is 0.844 bits per heavy atom. The zero-order valence-corrected chi connectivity index (χ0v) is 19.4. The van der Waals surface area contributed by atoms with Crippen LogP contribution >= 0.6 is 0 Å². The van der Waals surface area contributed by atoms with Gasteiger partial charge in [-0.05, 0) is 49.7 Å². The minimum absolute atomic E-state index is 0.104. The molecule has 1 unspecified atom stereocenters. The van der Waals surface area contributed by atoms with E-state index in [0.29, 0.717) is 18.8 Å². The summed E-state index contributed by atoms with van der Waals surface area (Å²) in [7, 11) is -1.39. The van der Waals surface area contributed by atoms with Gasteiger partial charge in [0.1, 0.15) is 6.04 Å². The topological polar surface area (TPSA) is 73.0 Å². The molecular weight excluding hydrogens is 424 g/mol. The molecule has 0 saturated carbocycles. The molecule has 32 heavy (non-hydrogen) atoms. The summed E-state index contributed by atoms with van der Waals surface area (Å²) in [5.74, 6) is -0.104. The van der Waals surface area contributed by atoms with Crippen molar-refractivity contribution in [1.82, 2.24) is 14.1 Å². The summed E-state index contributed by atoms with van der Waals surface area (Å²) in [5.41, 5.74) is 1.56. The second-order valence-corrected chi connectivity index (χ2v) is 10.6. The first-order valence-electron chi connectivity index (χ1n) is 11.3. The summed E-state index contributed by atoms with van der Waals surface area (Å²) < 4.78 is 27.3. The number of benzene rings is 2. The number of amides is 1. The first-order valence-corrected chi connectivity index (χ1v) is 12.8. The highest BCUT2D eigenvalue weighted by Crippen LogP contribution is 2.26. The molecule has 172 valence electrons. The normalized spacial score (nSPS) is 20.0. The Kier molecular flexibility index (Phi) is 7.25. The number of carbonyl (C=O) groups is 1. The summed E-state index contributed by atoms with van der Waals surface area (Å²) in [4.78, 5) is 18.1. The Balaban J connectivity index is 1.49. The number of carbonyl (C=O) groups excluding carboxylic acids is 1. The van der Waals surface area contributed by atoms with Crippen LogP contribution in [0.15, 0.2) is 59.5 Å². The third-order valence-electron chi connectivity index (χ3n) is 6.34. The van der Waals surface area contributed by atoms with Crippen molar-refractivity contribution in [3.8, 4) is 0 Å². The van der Waals surface area contributed by atoms with Crippen LogP contribution in [0.3, 0.4) is 0 Å². The van der Waals surface area contributed by atoms with Crippen molar-refractivity contribution in [2.45, 2.75) is 30.2 Å². The minimum Gasteiger partial charge on any atom is -0.324 e. The Morgan fingerprint density at radius 3 is 2.09 bits per heavy atom. The highest BCUT2D eigenvalue weighted by molar-refractivity contribution is 7.89. The molecule has 2 heterocycles. The van der Waals surface area contributed by atoms with E-state index in [1.807, 2.05) is 30.3 Å². The molecule has 0 radical (unpaired) electrons. The maximum Gasteiger partial charge on any atom is 0.246 e. The van der Waals surface area contributed by atoms with Gasteiger partial charge < -0.3 is 10.2 Å². The molecule has 2 aliphatic heterocycles. The Labute approximate surface area is 191 Å². The van der Waals surface area contributed by atoms with Gasteiger partial charge in [-0.1, -0.05) is 36.8 Å². The van der Waals surface area contributed by atoms with E-state index in [0.717, 1.165) is 51.0 Å². The van der Waals surface area contributed by atoms with Crippen LogP contribution in [-0.2, 0) is 14.8 Å². The lowest BCUT2D eigenvalue weighted by Crippen LogP contribution is -2.48. The second-order valence-electron chi connectivity index (χ2n) is 8.63. The van der Waals surface area contributed by atoms with E-state index < -0.39 is 10.0 Å². The lowest BCUT2D eigenvalue weighted by molar-refractivity contribution is -0.122. The summed E-state index contributed by atoms with van der Waals surface area (Å²) in [6, 6.07) is 16.0. The number of piperazine rings is 1. The summed E-state index contributed by atoms with van der Waals surface area (Å²) in [6.07, 6.45) is 2.88. The van der Waals surface area contributed by atoms with Crippen molar-refractivity contribution in [2.24, 2.45) is 0 Å². The lowest BCUT2D eigenvalue weighted by atomic mass is 10.0. The van der Waals surface area contributed by atoms with Gasteiger partial charge in [0.2, 0.25) is 15.9 Å². The molecule has 0 aliphatic carbocycles. The SMILES string of the molecule is CN1CCN(C(C(=O)Nc2ccc(S(=O)(=O)N3CCCCC3)cc2)c2ccccc2)CC1. The molecule has 2 saturated heterocycles. The van der Waals surface area contributed by atoms with E-state index in [1.54, 1.807) is 28.6 Å². The van der Waals surface area contributed by atoms with Crippen LogP contribution in [0.4, 0.5) is 5.69 Å². The zero-order chi connectivity index (χ0) is 22.6. The largest absolute Gasteiger partial charge is 0.324 e. The Bertz CT molecular complexity index is 997. The van der Waals surface area contributed by atoms with E-state index in [9.17, 15) is 13.2 Å². The Hall–Kier alpha value is -2.26. The number of hydrogen-bond acceptors (Lipinski definition) is 5. The van der Waals surface area contributed by atoms with Crippen LogP contribution < -0.4 is 5.32 Å². The van der Waals surface area contributed by atoms with Gasteiger partial charge in [-0.2, -0.15) is 4.31 Å². The fourth-order valence-corrected chi connectivity index (χ4v) is 5.94. The maximum atomic E-state index is 13.3. The number of hydrogen-bond donors (Lipinski definition) is 1. The molecule has 8 heteroatoms. The van der Waals surface area contributed by atoms with Crippen LogP contribution in [0.25, 0.3) is 0 Å². The molecule has 2 aliphatic rings. The Morgan fingerprint density at radius 2 is 1.47 bits per heavy atom. The van der Waals surface area contributed by atoms with Gasteiger partial charge >= 0.3 is 0 Å². The first-order chi connectivity index (χ1) is 15.4. The molecule has 4 rings (SSSR count). The molecule has 2 aromatic rings. The zero-order valence-electron chi connectivity index (χ0n) is 18.6. The molecule has 0 bridgehead atoms. The van der Waals surface area contributed by atoms with Crippen molar-refractivity contribution in [1.29, 1.82) is 0 Å². The second kappa shape index (κ2) is 10.1. The van der Waals surface area contributed by atoms with Crippen molar-refractivity contribution in [2.75, 3.05) is 51.6 Å². The van der Waals surface area contributed by atoms with Gasteiger partial charge in [0.15, 0.2) is 0 Å². The molecule has 2 aromatic carbocycles. The standard InChI is InChI=1S/C24H32N4O3S/c1-26-16-18-27(19-17-26)23(20-8-4-2-5-9-20)24(29)25-21-10-12-22(13-11-21)32(30,31)28-14-6-3-7-15-28/h2,4-5,8-13,23H,3,6-7,14-19H2,1H3,(H,25,29). The lowest BCUT2D eigenvalue weighted by Gasteiger charge is -2.37. The van der Waals surface area contributed by atoms with E-state index in [2.05, 4.69) is 22.2 Å². The average molecular weight is 457 g/mol. The summed E-state index contributed by atoms with van der Waals surface area (Å²) in [6.45, 7) is 4.61. The average Bonchev–Trinajstić information content (AvgIpc) is 2.82. The van der Waals surface area contributed by atoms with Gasteiger partial charge in [0.05, 0.1) is 4.90 Å². The van der Waals surface area contributed by atoms with Crippen molar-refractivity contribution in [3.05, 3.63) is 60.2 Å². The number of piperidine rings is 1. The quantitative estimate of drug-likeness (QED) is 0.724. The van der Waals surface area contributed by atoms with Crippen LogP contribution in [0, 0.1) is 0 Å². The van der Waals surface area contributed by atoms with Gasteiger partial charge in [-0.25, -0.2) is 8.42 Å². The van der Waals surface area contributed by atoms with Gasteiger partial charge in [-0.3, -0.25) is 9.69 Å². The van der Waals surface area contributed by atoms with Crippen LogP contribution in [0.2, 0.25) is 0 Å². The maximum absolute atomic E-state index is 13.3. The smallest absolute Gasteiger partial charge is 0.246 e. The molecule has 0 aromatic heterocycles. The molecular formula is C24H32N4O3S. The predicted octanol–water partition coefficient (Wildman–Crippen LogP) is 2.79. The minimum atomic E-state index is -3.48. The highest BCUT2D eigenvalue weighted by atomic mass is 32.2. The number of anilines is 1. The molecule has 1 atom stereocenters. The fourth-order valence-electron chi connectivity index (χ4n) is 4.42. The molecule has 1 amide bonds. The van der Waals surface area contributed by atoms with Crippen molar-refractivity contribution < 1.29 is 13.2 Å². The van der Waals surface area contributed by atoms with Gasteiger partial charge in [-0.15, -0.1) is 0 Å². The molecule has 0 spiro atoms. The van der Waals surface area contributed by atoms with E-state index in [4.69, 9.17) is 0 Å². The number of likely N-dealkylation sites (N-methyl/N-ethyl adjacent to an activating group) is 1. The number of rotatable bonds is 6. The van der Waals surface area contributed by atoms with E-state index in [-0.39, 0.29) is 16.8 Å². The predicted molar refractivity (Wildman–Crippen MR) is 126 cm³/mol.